The topological polar surface area (TPSA) is 0 Å². The Kier molecular flexibility index (Phi) is 4.37. The Hall–Kier alpha value is 0.430. The number of rotatable bonds is 3. The van der Waals surface area contributed by atoms with Crippen LogP contribution < -0.4 is 0 Å². The van der Waals surface area contributed by atoms with Crippen LogP contribution in [-0.4, -0.2) is 18.5 Å². The lowest BCUT2D eigenvalue weighted by Gasteiger charge is -2.21. The van der Waals surface area contributed by atoms with Gasteiger partial charge in [-0.3, -0.25) is 0 Å². The molecule has 0 spiro atoms. The molecule has 1 heteroatoms. The van der Waals surface area contributed by atoms with Crippen molar-refractivity contribution >= 4 is 7.92 Å². The summed E-state index contributed by atoms with van der Waals surface area (Å²) in [6.07, 6.45) is 12.2. The van der Waals surface area contributed by atoms with E-state index in [1.165, 1.54) is 32.1 Å². The average molecular weight is 158 g/mol. The van der Waals surface area contributed by atoms with E-state index in [9.17, 15) is 0 Å². The molecule has 0 amide bonds. The molecule has 0 aromatic carbocycles. The van der Waals surface area contributed by atoms with Gasteiger partial charge in [0.05, 0.1) is 0 Å². The van der Waals surface area contributed by atoms with Crippen molar-refractivity contribution in [3.8, 4) is 0 Å². The van der Waals surface area contributed by atoms with E-state index in [0.717, 1.165) is 0 Å². The molecule has 0 radical (unpaired) electrons. The molecule has 60 valence electrons. The maximum atomic E-state index is 2.30. The van der Waals surface area contributed by atoms with Crippen molar-refractivity contribution in [1.82, 2.24) is 0 Å². The first kappa shape index (κ1) is 8.53. The Balaban J connectivity index is 2.02. The van der Waals surface area contributed by atoms with E-state index in [2.05, 4.69) is 6.92 Å². The summed E-state index contributed by atoms with van der Waals surface area (Å²) >= 11 is 0. The van der Waals surface area contributed by atoms with E-state index in [1.54, 1.807) is 18.5 Å². The Morgan fingerprint density at radius 3 is 2.40 bits per heavy atom. The summed E-state index contributed by atoms with van der Waals surface area (Å²) in [7, 11) is 0.522. The van der Waals surface area contributed by atoms with Crippen molar-refractivity contribution in [2.45, 2.75) is 39.0 Å². The molecule has 1 rings (SSSR count). The van der Waals surface area contributed by atoms with Crippen LogP contribution in [0.1, 0.15) is 39.0 Å². The molecule has 1 aliphatic rings. The van der Waals surface area contributed by atoms with Crippen LogP contribution in [0.5, 0.6) is 0 Å². The van der Waals surface area contributed by atoms with Crippen molar-refractivity contribution < 1.29 is 0 Å². The molecule has 0 unspecified atom stereocenters. The molecule has 0 bridgehead atoms. The van der Waals surface area contributed by atoms with Crippen LogP contribution in [0.25, 0.3) is 0 Å². The fourth-order valence-corrected chi connectivity index (χ4v) is 4.34. The summed E-state index contributed by atoms with van der Waals surface area (Å²) in [5.41, 5.74) is 0. The van der Waals surface area contributed by atoms with Gasteiger partial charge < -0.3 is 0 Å². The first-order valence-corrected chi connectivity index (χ1v) is 6.55. The molecule has 1 fully saturated rings. The highest BCUT2D eigenvalue weighted by atomic mass is 31.1. The fourth-order valence-electron chi connectivity index (χ4n) is 1.56. The second-order valence-corrected chi connectivity index (χ2v) is 5.94. The highest BCUT2D eigenvalue weighted by Gasteiger charge is 2.10. The molecule has 0 aromatic heterocycles. The maximum Gasteiger partial charge on any atom is -0.0326 e. The fraction of sp³-hybridized carbons (Fsp3) is 1.00. The second-order valence-electron chi connectivity index (χ2n) is 3.26. The van der Waals surface area contributed by atoms with Gasteiger partial charge >= 0.3 is 0 Å². The highest BCUT2D eigenvalue weighted by molar-refractivity contribution is 7.57. The second kappa shape index (κ2) is 5.13. The van der Waals surface area contributed by atoms with Crippen molar-refractivity contribution in [3.05, 3.63) is 0 Å². The molecule has 10 heavy (non-hydrogen) atoms. The third kappa shape index (κ3) is 3.01. The van der Waals surface area contributed by atoms with Gasteiger partial charge in [-0.15, -0.1) is 7.92 Å². The predicted molar refractivity (Wildman–Crippen MR) is 50.3 cm³/mol. The Labute approximate surface area is 66.2 Å². The molecule has 0 atom stereocenters. The van der Waals surface area contributed by atoms with E-state index in [-0.39, 0.29) is 0 Å². The summed E-state index contributed by atoms with van der Waals surface area (Å²) in [4.78, 5) is 0. The molecule has 1 saturated heterocycles. The van der Waals surface area contributed by atoms with Gasteiger partial charge in [-0.05, 0) is 37.7 Å². The van der Waals surface area contributed by atoms with E-state index in [0.29, 0.717) is 7.92 Å². The molecule has 0 aliphatic carbocycles. The molecule has 0 aromatic rings. The summed E-state index contributed by atoms with van der Waals surface area (Å²) in [5.74, 6) is 0. The summed E-state index contributed by atoms with van der Waals surface area (Å²) in [6.45, 7) is 2.30. The number of hydrogen-bond donors (Lipinski definition) is 0. The normalized spacial score (nSPS) is 21.3. The van der Waals surface area contributed by atoms with Crippen molar-refractivity contribution in [3.63, 3.8) is 0 Å². The summed E-state index contributed by atoms with van der Waals surface area (Å²) in [6, 6.07) is 0. The van der Waals surface area contributed by atoms with Gasteiger partial charge in [0.15, 0.2) is 0 Å². The predicted octanol–water partition coefficient (Wildman–Crippen LogP) is 3.45. The lowest BCUT2D eigenvalue weighted by molar-refractivity contribution is 0.746. The Morgan fingerprint density at radius 2 is 1.80 bits per heavy atom. The van der Waals surface area contributed by atoms with Crippen molar-refractivity contribution in [2.75, 3.05) is 18.5 Å². The Morgan fingerprint density at radius 1 is 1.10 bits per heavy atom. The molecule has 0 N–H and O–H groups in total. The van der Waals surface area contributed by atoms with Crippen molar-refractivity contribution in [1.29, 1.82) is 0 Å². The van der Waals surface area contributed by atoms with E-state index >= 15 is 0 Å². The van der Waals surface area contributed by atoms with Gasteiger partial charge in [0.25, 0.3) is 0 Å². The van der Waals surface area contributed by atoms with Gasteiger partial charge in [-0.1, -0.05) is 19.8 Å². The minimum absolute atomic E-state index is 0.522. The third-order valence-electron chi connectivity index (χ3n) is 2.28. The van der Waals surface area contributed by atoms with Crippen molar-refractivity contribution in [2.24, 2.45) is 0 Å². The zero-order valence-corrected chi connectivity index (χ0v) is 8.00. The SMILES string of the molecule is CCCCP1CCCCC1. The van der Waals surface area contributed by atoms with Crippen LogP contribution in [-0.2, 0) is 0 Å². The van der Waals surface area contributed by atoms with Gasteiger partial charge in [0.1, 0.15) is 0 Å². The standard InChI is InChI=1S/C9H19P/c1-2-3-7-10-8-5-4-6-9-10/h2-9H2,1H3. The smallest absolute Gasteiger partial charge is 0.0326 e. The Bertz CT molecular complexity index is 74.8. The lowest BCUT2D eigenvalue weighted by atomic mass is 10.3. The van der Waals surface area contributed by atoms with Crippen LogP contribution in [0.15, 0.2) is 0 Å². The highest BCUT2D eigenvalue weighted by Crippen LogP contribution is 2.42. The third-order valence-corrected chi connectivity index (χ3v) is 5.12. The molecule has 1 heterocycles. The average Bonchev–Trinajstić information content (AvgIpc) is 2.03. The van der Waals surface area contributed by atoms with E-state index in [1.807, 2.05) is 0 Å². The van der Waals surface area contributed by atoms with Gasteiger partial charge in [0.2, 0.25) is 0 Å². The number of hydrogen-bond acceptors (Lipinski definition) is 0. The number of unbranched alkanes of at least 4 members (excludes halogenated alkanes) is 1. The lowest BCUT2D eigenvalue weighted by Crippen LogP contribution is -2.01. The molecular weight excluding hydrogens is 139 g/mol. The minimum atomic E-state index is 0.522. The quantitative estimate of drug-likeness (QED) is 0.552. The van der Waals surface area contributed by atoms with E-state index < -0.39 is 0 Å². The first-order valence-electron chi connectivity index (χ1n) is 4.66. The largest absolute Gasteiger partial charge is 0.107 e. The van der Waals surface area contributed by atoms with Crippen LogP contribution in [0.4, 0.5) is 0 Å². The maximum absolute atomic E-state index is 2.30. The van der Waals surface area contributed by atoms with Crippen LogP contribution >= 0.6 is 7.92 Å². The van der Waals surface area contributed by atoms with E-state index in [4.69, 9.17) is 0 Å². The zero-order chi connectivity index (χ0) is 7.23. The summed E-state index contributed by atoms with van der Waals surface area (Å²) in [5, 5.41) is 0. The minimum Gasteiger partial charge on any atom is -0.107 e. The van der Waals surface area contributed by atoms with Gasteiger partial charge in [0, 0.05) is 0 Å². The van der Waals surface area contributed by atoms with Crippen LogP contribution in [0.3, 0.4) is 0 Å². The first-order chi connectivity index (χ1) is 4.93. The van der Waals surface area contributed by atoms with Crippen LogP contribution in [0, 0.1) is 0 Å². The zero-order valence-electron chi connectivity index (χ0n) is 7.10. The van der Waals surface area contributed by atoms with Crippen LogP contribution in [0.2, 0.25) is 0 Å². The van der Waals surface area contributed by atoms with Gasteiger partial charge in [-0.25, -0.2) is 0 Å². The summed E-state index contributed by atoms with van der Waals surface area (Å²) < 4.78 is 0. The monoisotopic (exact) mass is 158 g/mol. The molecule has 1 aliphatic heterocycles. The molecule has 0 saturated carbocycles. The van der Waals surface area contributed by atoms with Gasteiger partial charge in [-0.2, -0.15) is 0 Å². The molecule has 0 nitrogen and oxygen atoms in total. The molecular formula is C9H19P.